The number of nitrogens with two attached hydrogens (primary N) is 1. The van der Waals surface area contributed by atoms with Crippen LogP contribution in [0.5, 0.6) is 0 Å². The minimum Gasteiger partial charge on any atom is -0.323 e. The highest BCUT2D eigenvalue weighted by Gasteiger charge is 2.21. The van der Waals surface area contributed by atoms with Gasteiger partial charge >= 0.3 is 0 Å². The second-order valence-electron chi connectivity index (χ2n) is 4.68. The van der Waals surface area contributed by atoms with E-state index in [-0.39, 0.29) is 11.9 Å². The Bertz CT molecular complexity index is 565. The maximum atomic E-state index is 13.6. The smallest absolute Gasteiger partial charge is 0.126 e. The molecule has 18 heavy (non-hydrogen) atoms. The maximum Gasteiger partial charge on any atom is 0.126 e. The van der Waals surface area contributed by atoms with Crippen LogP contribution in [0.4, 0.5) is 4.39 Å². The lowest BCUT2D eigenvalue weighted by Gasteiger charge is -2.15. The molecule has 4 heteroatoms. The van der Waals surface area contributed by atoms with Gasteiger partial charge in [-0.3, -0.25) is 0 Å². The molecule has 1 unspecified atom stereocenters. The predicted octanol–water partition coefficient (Wildman–Crippen LogP) is 3.21. The summed E-state index contributed by atoms with van der Waals surface area (Å²) >= 11 is 1.68. The van der Waals surface area contributed by atoms with Gasteiger partial charge in [0.25, 0.3) is 0 Å². The van der Waals surface area contributed by atoms with Crippen molar-refractivity contribution >= 4 is 11.3 Å². The minimum absolute atomic E-state index is 0.0689. The molecule has 0 amide bonds. The van der Waals surface area contributed by atoms with Crippen molar-refractivity contribution in [1.82, 2.24) is 4.98 Å². The van der Waals surface area contributed by atoms with Crippen molar-refractivity contribution in [3.8, 4) is 0 Å². The highest BCUT2D eigenvalue weighted by Crippen LogP contribution is 2.32. The standard InChI is InChI=1S/C14H15FN2S/c15-10-5-2-1-4-9(10)8-13-17-14-11(16)6-3-7-12(14)18-13/h1-2,4-5,11H,3,6-8,16H2. The Balaban J connectivity index is 1.88. The number of aromatic nitrogens is 1. The van der Waals surface area contributed by atoms with E-state index in [0.717, 1.165) is 30.0 Å². The lowest BCUT2D eigenvalue weighted by atomic mass is 9.99. The largest absolute Gasteiger partial charge is 0.323 e. The van der Waals surface area contributed by atoms with E-state index in [9.17, 15) is 4.39 Å². The summed E-state index contributed by atoms with van der Waals surface area (Å²) in [6.07, 6.45) is 3.78. The first-order chi connectivity index (χ1) is 8.74. The molecule has 0 spiro atoms. The maximum absolute atomic E-state index is 13.6. The molecule has 0 fully saturated rings. The Morgan fingerprint density at radius 1 is 1.39 bits per heavy atom. The van der Waals surface area contributed by atoms with E-state index >= 15 is 0 Å². The van der Waals surface area contributed by atoms with Gasteiger partial charge in [0.15, 0.2) is 0 Å². The van der Waals surface area contributed by atoms with Crippen LogP contribution in [0.2, 0.25) is 0 Å². The fourth-order valence-corrected chi connectivity index (χ4v) is 3.59. The van der Waals surface area contributed by atoms with E-state index in [4.69, 9.17) is 5.73 Å². The highest BCUT2D eigenvalue weighted by atomic mass is 32.1. The summed E-state index contributed by atoms with van der Waals surface area (Å²) in [5.41, 5.74) is 7.80. The van der Waals surface area contributed by atoms with Crippen LogP contribution < -0.4 is 5.73 Å². The Labute approximate surface area is 110 Å². The van der Waals surface area contributed by atoms with Crippen molar-refractivity contribution in [2.24, 2.45) is 5.73 Å². The molecule has 0 aliphatic heterocycles. The van der Waals surface area contributed by atoms with Crippen LogP contribution in [0, 0.1) is 5.82 Å². The van der Waals surface area contributed by atoms with Gasteiger partial charge in [0.2, 0.25) is 0 Å². The summed E-state index contributed by atoms with van der Waals surface area (Å²) in [6.45, 7) is 0. The van der Waals surface area contributed by atoms with Crippen LogP contribution in [0.3, 0.4) is 0 Å². The highest BCUT2D eigenvalue weighted by molar-refractivity contribution is 7.11. The number of halogens is 1. The molecule has 2 aromatic rings. The van der Waals surface area contributed by atoms with Crippen molar-refractivity contribution < 1.29 is 4.39 Å². The lowest BCUT2D eigenvalue weighted by molar-refractivity contribution is 0.562. The quantitative estimate of drug-likeness (QED) is 0.902. The number of thiazole rings is 1. The van der Waals surface area contributed by atoms with Crippen LogP contribution >= 0.6 is 11.3 Å². The predicted molar refractivity (Wildman–Crippen MR) is 71.2 cm³/mol. The topological polar surface area (TPSA) is 38.9 Å². The summed E-state index contributed by atoms with van der Waals surface area (Å²) < 4.78 is 13.6. The first kappa shape index (κ1) is 11.8. The Morgan fingerprint density at radius 3 is 3.00 bits per heavy atom. The minimum atomic E-state index is -0.157. The molecule has 1 atom stereocenters. The molecule has 0 saturated heterocycles. The molecule has 2 nitrogen and oxygen atoms in total. The summed E-state index contributed by atoms with van der Waals surface area (Å²) in [5, 5.41) is 0.974. The fraction of sp³-hybridized carbons (Fsp3) is 0.357. The van der Waals surface area contributed by atoms with E-state index in [2.05, 4.69) is 4.98 Å². The molecular weight excluding hydrogens is 247 g/mol. The first-order valence-corrected chi connectivity index (χ1v) is 7.03. The average Bonchev–Trinajstić information content (AvgIpc) is 2.76. The number of hydrogen-bond acceptors (Lipinski definition) is 3. The Morgan fingerprint density at radius 2 is 2.22 bits per heavy atom. The zero-order chi connectivity index (χ0) is 12.5. The van der Waals surface area contributed by atoms with Crippen molar-refractivity contribution in [1.29, 1.82) is 0 Å². The van der Waals surface area contributed by atoms with Gasteiger partial charge in [-0.15, -0.1) is 11.3 Å². The van der Waals surface area contributed by atoms with Crippen LogP contribution in [-0.2, 0) is 12.8 Å². The van der Waals surface area contributed by atoms with Gasteiger partial charge in [-0.25, -0.2) is 9.37 Å². The number of hydrogen-bond donors (Lipinski definition) is 1. The molecule has 1 aromatic carbocycles. The summed E-state index contributed by atoms with van der Waals surface area (Å²) in [7, 11) is 0. The third kappa shape index (κ3) is 2.18. The summed E-state index contributed by atoms with van der Waals surface area (Å²) in [5.74, 6) is -0.157. The Hall–Kier alpha value is -1.26. The van der Waals surface area contributed by atoms with E-state index in [1.54, 1.807) is 17.4 Å². The molecule has 3 rings (SSSR count). The monoisotopic (exact) mass is 262 g/mol. The van der Waals surface area contributed by atoms with Crippen LogP contribution in [-0.4, -0.2) is 4.98 Å². The van der Waals surface area contributed by atoms with Crippen LogP contribution in [0.15, 0.2) is 24.3 Å². The molecule has 0 bridgehead atoms. The van der Waals surface area contributed by atoms with Crippen molar-refractivity contribution in [2.75, 3.05) is 0 Å². The second-order valence-corrected chi connectivity index (χ2v) is 5.85. The average molecular weight is 262 g/mol. The second kappa shape index (κ2) is 4.78. The summed E-state index contributed by atoms with van der Waals surface area (Å²) in [6, 6.07) is 6.95. The first-order valence-electron chi connectivity index (χ1n) is 6.21. The molecule has 2 N–H and O–H groups in total. The van der Waals surface area contributed by atoms with Crippen molar-refractivity contribution in [2.45, 2.75) is 31.7 Å². The lowest BCUT2D eigenvalue weighted by Crippen LogP contribution is -2.16. The molecule has 1 aliphatic carbocycles. The van der Waals surface area contributed by atoms with Gasteiger partial charge in [0.05, 0.1) is 10.7 Å². The fourth-order valence-electron chi connectivity index (χ4n) is 2.38. The van der Waals surface area contributed by atoms with Gasteiger partial charge < -0.3 is 5.73 Å². The zero-order valence-corrected chi connectivity index (χ0v) is 10.8. The zero-order valence-electron chi connectivity index (χ0n) is 10.0. The SMILES string of the molecule is NC1CCCc2sc(Cc3ccccc3F)nc21. The normalized spacial score (nSPS) is 18.7. The third-order valence-electron chi connectivity index (χ3n) is 3.34. The Kier molecular flexibility index (Phi) is 3.14. The molecule has 94 valence electrons. The van der Waals surface area contributed by atoms with Crippen molar-refractivity contribution in [3.05, 3.63) is 51.2 Å². The van der Waals surface area contributed by atoms with Crippen LogP contribution in [0.1, 0.15) is 40.0 Å². The summed E-state index contributed by atoms with van der Waals surface area (Å²) in [4.78, 5) is 5.89. The third-order valence-corrected chi connectivity index (χ3v) is 4.47. The van der Waals surface area contributed by atoms with Gasteiger partial charge in [0.1, 0.15) is 5.82 Å². The van der Waals surface area contributed by atoms with Crippen LogP contribution in [0.25, 0.3) is 0 Å². The number of nitrogens with zero attached hydrogens (tertiary/aromatic N) is 1. The number of aryl methyl sites for hydroxylation is 1. The molecule has 1 aliphatic rings. The van der Waals surface area contributed by atoms with Gasteiger partial charge in [-0.1, -0.05) is 18.2 Å². The van der Waals surface area contributed by atoms with E-state index in [0.29, 0.717) is 12.0 Å². The molecule has 0 radical (unpaired) electrons. The number of rotatable bonds is 2. The number of fused-ring (bicyclic) bond motifs is 1. The van der Waals surface area contributed by atoms with Gasteiger partial charge in [0, 0.05) is 17.3 Å². The molecule has 0 saturated carbocycles. The van der Waals surface area contributed by atoms with E-state index in [1.165, 1.54) is 10.9 Å². The molecular formula is C14H15FN2S. The van der Waals surface area contributed by atoms with E-state index < -0.39 is 0 Å². The van der Waals surface area contributed by atoms with E-state index in [1.807, 2.05) is 12.1 Å². The number of benzene rings is 1. The van der Waals surface area contributed by atoms with Gasteiger partial charge in [-0.05, 0) is 30.9 Å². The molecule has 1 heterocycles. The molecule has 1 aromatic heterocycles. The van der Waals surface area contributed by atoms with Crippen molar-refractivity contribution in [3.63, 3.8) is 0 Å². The van der Waals surface area contributed by atoms with Gasteiger partial charge in [-0.2, -0.15) is 0 Å².